The van der Waals surface area contributed by atoms with E-state index in [-0.39, 0.29) is 24.6 Å². The van der Waals surface area contributed by atoms with Crippen LogP contribution in [0.5, 0.6) is 11.5 Å². The van der Waals surface area contributed by atoms with Crippen molar-refractivity contribution in [1.29, 1.82) is 0 Å². The lowest BCUT2D eigenvalue weighted by Crippen LogP contribution is -2.45. The third kappa shape index (κ3) is 5.44. The van der Waals surface area contributed by atoms with Gasteiger partial charge in [0.25, 0.3) is 0 Å². The second-order valence-corrected chi connectivity index (χ2v) is 10.3. The molecule has 1 atom stereocenters. The van der Waals surface area contributed by atoms with Crippen molar-refractivity contribution in [2.24, 2.45) is 0 Å². The molecule has 0 fully saturated rings. The summed E-state index contributed by atoms with van der Waals surface area (Å²) in [5, 5.41) is 2.74. The van der Waals surface area contributed by atoms with Crippen molar-refractivity contribution in [3.8, 4) is 11.5 Å². The van der Waals surface area contributed by atoms with Crippen LogP contribution >= 0.6 is 0 Å². The molecule has 2 aromatic rings. The van der Waals surface area contributed by atoms with Crippen LogP contribution < -0.4 is 19.1 Å². The second-order valence-electron chi connectivity index (χ2n) is 8.37. The molecule has 2 aromatic carbocycles. The molecule has 0 aliphatic carbocycles. The van der Waals surface area contributed by atoms with Crippen molar-refractivity contribution in [3.63, 3.8) is 0 Å². The number of hydrogen-bond acceptors (Lipinski definition) is 5. The Labute approximate surface area is 178 Å². The molecular weight excluding hydrogens is 404 g/mol. The van der Waals surface area contributed by atoms with Crippen LogP contribution in [-0.4, -0.2) is 46.4 Å². The van der Waals surface area contributed by atoms with Gasteiger partial charge in [0.2, 0.25) is 15.9 Å². The number of para-hydroxylation sites is 2. The fraction of sp³-hybridized carbons (Fsp3) is 0.409. The summed E-state index contributed by atoms with van der Waals surface area (Å²) in [6, 6.07) is 14.5. The standard InChI is InChI=1S/C22H28N2O5S/c1-22(2,3)16-9-11-17(12-10-16)24(30(4,26)27)14-21(25)23-13-18-15-28-19-7-5-6-8-20(19)29-18/h5-12,18H,13-15H2,1-4H3,(H,23,25)/t18-/m1/s1. The molecule has 1 amide bonds. The molecule has 162 valence electrons. The molecular formula is C22H28N2O5S. The number of ether oxygens (including phenoxy) is 2. The highest BCUT2D eigenvalue weighted by molar-refractivity contribution is 7.92. The highest BCUT2D eigenvalue weighted by Crippen LogP contribution is 2.30. The van der Waals surface area contributed by atoms with E-state index in [1.807, 2.05) is 30.3 Å². The van der Waals surface area contributed by atoms with E-state index in [9.17, 15) is 13.2 Å². The van der Waals surface area contributed by atoms with Gasteiger partial charge in [0.15, 0.2) is 11.5 Å². The molecule has 3 rings (SSSR count). The number of carbonyl (C=O) groups is 1. The number of hydrogen-bond donors (Lipinski definition) is 1. The van der Waals surface area contributed by atoms with E-state index in [1.165, 1.54) is 0 Å². The van der Waals surface area contributed by atoms with Crippen molar-refractivity contribution in [2.45, 2.75) is 32.3 Å². The van der Waals surface area contributed by atoms with E-state index in [4.69, 9.17) is 9.47 Å². The number of rotatable bonds is 6. The summed E-state index contributed by atoms with van der Waals surface area (Å²) in [5.41, 5.74) is 1.48. The van der Waals surface area contributed by atoms with Gasteiger partial charge in [0.1, 0.15) is 19.3 Å². The molecule has 1 N–H and O–H groups in total. The largest absolute Gasteiger partial charge is 0.486 e. The van der Waals surface area contributed by atoms with E-state index in [0.29, 0.717) is 23.8 Å². The van der Waals surface area contributed by atoms with Crippen LogP contribution in [0.3, 0.4) is 0 Å². The third-order valence-electron chi connectivity index (χ3n) is 4.80. The van der Waals surface area contributed by atoms with E-state index in [2.05, 4.69) is 26.1 Å². The molecule has 0 saturated heterocycles. The Morgan fingerprint density at radius 2 is 1.73 bits per heavy atom. The number of nitrogens with one attached hydrogen (secondary N) is 1. The Morgan fingerprint density at radius 3 is 2.33 bits per heavy atom. The monoisotopic (exact) mass is 432 g/mol. The van der Waals surface area contributed by atoms with E-state index >= 15 is 0 Å². The molecule has 7 nitrogen and oxygen atoms in total. The maximum absolute atomic E-state index is 12.5. The van der Waals surface area contributed by atoms with Crippen LogP contribution in [0.2, 0.25) is 0 Å². The number of benzene rings is 2. The second kappa shape index (κ2) is 8.55. The molecule has 1 heterocycles. The van der Waals surface area contributed by atoms with Crippen molar-refractivity contribution in [1.82, 2.24) is 5.32 Å². The highest BCUT2D eigenvalue weighted by atomic mass is 32.2. The van der Waals surface area contributed by atoms with Gasteiger partial charge in [-0.2, -0.15) is 0 Å². The molecule has 0 aromatic heterocycles. The summed E-state index contributed by atoms with van der Waals surface area (Å²) < 4.78 is 37.1. The fourth-order valence-corrected chi connectivity index (χ4v) is 3.96. The Hall–Kier alpha value is -2.74. The summed E-state index contributed by atoms with van der Waals surface area (Å²) >= 11 is 0. The zero-order valence-electron chi connectivity index (χ0n) is 17.7. The summed E-state index contributed by atoms with van der Waals surface area (Å²) in [6.45, 7) is 6.46. The normalized spacial score (nSPS) is 16.1. The Balaban J connectivity index is 1.62. The Morgan fingerprint density at radius 1 is 1.10 bits per heavy atom. The molecule has 0 spiro atoms. The maximum atomic E-state index is 12.5. The molecule has 30 heavy (non-hydrogen) atoms. The topological polar surface area (TPSA) is 84.9 Å². The summed E-state index contributed by atoms with van der Waals surface area (Å²) in [7, 11) is -3.63. The molecule has 0 bridgehead atoms. The van der Waals surface area contributed by atoms with Crippen molar-refractivity contribution >= 4 is 21.6 Å². The molecule has 0 saturated carbocycles. The van der Waals surface area contributed by atoms with Crippen LogP contribution in [0.1, 0.15) is 26.3 Å². The zero-order valence-corrected chi connectivity index (χ0v) is 18.5. The van der Waals surface area contributed by atoms with Gasteiger partial charge in [0.05, 0.1) is 18.5 Å². The van der Waals surface area contributed by atoms with Gasteiger partial charge < -0.3 is 14.8 Å². The fourth-order valence-electron chi connectivity index (χ4n) is 3.11. The van der Waals surface area contributed by atoms with Crippen molar-refractivity contribution < 1.29 is 22.7 Å². The number of anilines is 1. The lowest BCUT2D eigenvalue weighted by atomic mass is 9.87. The van der Waals surface area contributed by atoms with Gasteiger partial charge in [-0.1, -0.05) is 45.0 Å². The van der Waals surface area contributed by atoms with Crippen LogP contribution in [0.15, 0.2) is 48.5 Å². The van der Waals surface area contributed by atoms with Crippen LogP contribution in [-0.2, 0) is 20.2 Å². The van der Waals surface area contributed by atoms with E-state index in [0.717, 1.165) is 16.1 Å². The first kappa shape index (κ1) is 22.0. The van der Waals surface area contributed by atoms with Gasteiger partial charge in [-0.25, -0.2) is 8.42 Å². The number of amides is 1. The Bertz CT molecular complexity index is 997. The maximum Gasteiger partial charge on any atom is 0.240 e. The van der Waals surface area contributed by atoms with Crippen LogP contribution in [0.4, 0.5) is 5.69 Å². The SMILES string of the molecule is CC(C)(C)c1ccc(N(CC(=O)NC[C@@H]2COc3ccccc3O2)S(C)(=O)=O)cc1. The van der Waals surface area contributed by atoms with Crippen molar-refractivity contribution in [2.75, 3.05) is 30.3 Å². The number of carbonyl (C=O) groups excluding carboxylic acids is 1. The van der Waals surface area contributed by atoms with Gasteiger partial charge >= 0.3 is 0 Å². The van der Waals surface area contributed by atoms with Crippen LogP contribution in [0, 0.1) is 0 Å². The molecule has 0 radical (unpaired) electrons. The van der Waals surface area contributed by atoms with Crippen molar-refractivity contribution in [3.05, 3.63) is 54.1 Å². The minimum absolute atomic E-state index is 0.0491. The predicted molar refractivity (Wildman–Crippen MR) is 117 cm³/mol. The minimum atomic E-state index is -3.63. The molecule has 0 unspecified atom stereocenters. The average Bonchev–Trinajstić information content (AvgIpc) is 2.69. The smallest absolute Gasteiger partial charge is 0.240 e. The summed E-state index contributed by atoms with van der Waals surface area (Å²) in [6.07, 6.45) is 0.745. The lowest BCUT2D eigenvalue weighted by Gasteiger charge is -2.27. The molecule has 1 aliphatic heterocycles. The van der Waals surface area contributed by atoms with E-state index < -0.39 is 15.9 Å². The van der Waals surface area contributed by atoms with Gasteiger partial charge in [-0.15, -0.1) is 0 Å². The predicted octanol–water partition coefficient (Wildman–Crippen LogP) is 2.71. The minimum Gasteiger partial charge on any atom is -0.486 e. The van der Waals surface area contributed by atoms with E-state index in [1.54, 1.807) is 18.2 Å². The number of sulfonamides is 1. The lowest BCUT2D eigenvalue weighted by molar-refractivity contribution is -0.120. The number of nitrogens with zero attached hydrogens (tertiary/aromatic N) is 1. The molecule has 1 aliphatic rings. The highest BCUT2D eigenvalue weighted by Gasteiger charge is 2.24. The first-order valence-corrected chi connectivity index (χ1v) is 11.6. The molecule has 8 heteroatoms. The zero-order chi connectivity index (χ0) is 21.9. The third-order valence-corrected chi connectivity index (χ3v) is 5.94. The number of fused-ring (bicyclic) bond motifs is 1. The quantitative estimate of drug-likeness (QED) is 0.759. The van der Waals surface area contributed by atoms with Gasteiger partial charge in [-0.3, -0.25) is 9.10 Å². The first-order valence-electron chi connectivity index (χ1n) is 9.77. The average molecular weight is 433 g/mol. The summed E-state index contributed by atoms with van der Waals surface area (Å²) in [5.74, 6) is 0.879. The van der Waals surface area contributed by atoms with Crippen LogP contribution in [0.25, 0.3) is 0 Å². The first-order chi connectivity index (χ1) is 14.0. The summed E-state index contributed by atoms with van der Waals surface area (Å²) in [4.78, 5) is 12.5. The van der Waals surface area contributed by atoms with Gasteiger partial charge in [-0.05, 0) is 35.2 Å². The van der Waals surface area contributed by atoms with Gasteiger partial charge in [0, 0.05) is 0 Å². The Kier molecular flexibility index (Phi) is 6.26.